The predicted octanol–water partition coefficient (Wildman–Crippen LogP) is 0.152. The Morgan fingerprint density at radius 1 is 1.62 bits per heavy atom. The van der Waals surface area contributed by atoms with Crippen LogP contribution in [0.3, 0.4) is 0 Å². The van der Waals surface area contributed by atoms with E-state index in [1.807, 2.05) is 0 Å². The van der Waals surface area contributed by atoms with E-state index in [1.54, 1.807) is 7.11 Å². The largest absolute Gasteiger partial charge is 0.462 e. The molecule has 4 nitrogen and oxygen atoms in total. The molecule has 2 fully saturated rings. The maximum absolute atomic E-state index is 10.9. The minimum absolute atomic E-state index is 0.0509. The van der Waals surface area contributed by atoms with Gasteiger partial charge in [0.1, 0.15) is 12.4 Å². The van der Waals surface area contributed by atoms with Crippen molar-refractivity contribution in [3.8, 4) is 0 Å². The van der Waals surface area contributed by atoms with Crippen LogP contribution in [0.25, 0.3) is 0 Å². The van der Waals surface area contributed by atoms with Crippen molar-refractivity contribution in [1.29, 1.82) is 0 Å². The van der Waals surface area contributed by atoms with E-state index in [9.17, 15) is 9.59 Å². The molecule has 0 aromatic heterocycles. The summed E-state index contributed by atoms with van der Waals surface area (Å²) in [5, 5.41) is 0. The normalized spacial score (nSPS) is 43.0. The van der Waals surface area contributed by atoms with Crippen molar-refractivity contribution in [2.45, 2.75) is 25.0 Å². The summed E-state index contributed by atoms with van der Waals surface area (Å²) in [6.07, 6.45) is 1.76. The van der Waals surface area contributed by atoms with E-state index in [2.05, 4.69) is 0 Å². The van der Waals surface area contributed by atoms with E-state index in [1.165, 1.54) is 0 Å². The van der Waals surface area contributed by atoms with Crippen molar-refractivity contribution in [1.82, 2.24) is 0 Å². The number of aldehydes is 1. The topological polar surface area (TPSA) is 52.6 Å². The van der Waals surface area contributed by atoms with Gasteiger partial charge in [0.15, 0.2) is 0 Å². The smallest absolute Gasteiger partial charge is 0.306 e. The number of carbonyl (C=O) groups excluding carboxylic acids is 2. The van der Waals surface area contributed by atoms with E-state index in [0.717, 1.165) is 6.29 Å². The van der Waals surface area contributed by atoms with Crippen LogP contribution in [-0.4, -0.2) is 31.6 Å². The Morgan fingerprint density at radius 2 is 2.38 bits per heavy atom. The van der Waals surface area contributed by atoms with E-state index < -0.39 is 0 Å². The van der Waals surface area contributed by atoms with E-state index in [-0.39, 0.29) is 30.0 Å². The van der Waals surface area contributed by atoms with Gasteiger partial charge in [-0.1, -0.05) is 0 Å². The monoisotopic (exact) mass is 184 g/mol. The van der Waals surface area contributed by atoms with Crippen LogP contribution in [-0.2, 0) is 19.1 Å². The number of rotatable bonds is 2. The van der Waals surface area contributed by atoms with Crippen molar-refractivity contribution in [3.05, 3.63) is 0 Å². The second-order valence-corrected chi connectivity index (χ2v) is 3.62. The fourth-order valence-corrected chi connectivity index (χ4v) is 2.34. The summed E-state index contributed by atoms with van der Waals surface area (Å²) >= 11 is 0. The zero-order valence-electron chi connectivity index (χ0n) is 7.43. The van der Waals surface area contributed by atoms with Crippen LogP contribution in [0.5, 0.6) is 0 Å². The van der Waals surface area contributed by atoms with Crippen molar-refractivity contribution in [2.75, 3.05) is 7.11 Å². The third-order valence-corrected chi connectivity index (χ3v) is 3.01. The molecule has 0 amide bonds. The molecule has 0 N–H and O–H groups in total. The van der Waals surface area contributed by atoms with Gasteiger partial charge in [0, 0.05) is 25.4 Å². The lowest BCUT2D eigenvalue weighted by Crippen LogP contribution is -2.23. The summed E-state index contributed by atoms with van der Waals surface area (Å²) in [6, 6.07) is 0. The standard InChI is InChI=1S/C9H12O4/c1-12-7-3-8-5(6(7)4-10)2-9(11)13-8/h4-8H,2-3H2,1H3/t5-,6-,7-,8+/m1/s1. The quantitative estimate of drug-likeness (QED) is 0.453. The van der Waals surface area contributed by atoms with Gasteiger partial charge >= 0.3 is 5.97 Å². The second-order valence-electron chi connectivity index (χ2n) is 3.62. The first-order valence-electron chi connectivity index (χ1n) is 4.44. The molecule has 0 radical (unpaired) electrons. The molecule has 72 valence electrons. The first-order valence-corrected chi connectivity index (χ1v) is 4.44. The van der Waals surface area contributed by atoms with E-state index in [0.29, 0.717) is 12.8 Å². The highest BCUT2D eigenvalue weighted by molar-refractivity contribution is 5.74. The summed E-state index contributed by atoms with van der Waals surface area (Å²) in [5.41, 5.74) is 0. The molecule has 1 saturated heterocycles. The van der Waals surface area contributed by atoms with Gasteiger partial charge in [0.2, 0.25) is 0 Å². The molecule has 4 heteroatoms. The lowest BCUT2D eigenvalue weighted by Gasteiger charge is -2.14. The molecule has 4 atom stereocenters. The average molecular weight is 184 g/mol. The summed E-state index contributed by atoms with van der Waals surface area (Å²) in [5.74, 6) is -0.298. The van der Waals surface area contributed by atoms with Crippen molar-refractivity contribution >= 4 is 12.3 Å². The third kappa shape index (κ3) is 1.25. The van der Waals surface area contributed by atoms with Crippen LogP contribution in [0.4, 0.5) is 0 Å². The molecule has 2 aliphatic rings. The molecule has 0 unspecified atom stereocenters. The van der Waals surface area contributed by atoms with Crippen LogP contribution in [0.1, 0.15) is 12.8 Å². The lowest BCUT2D eigenvalue weighted by atomic mass is 9.94. The van der Waals surface area contributed by atoms with Gasteiger partial charge in [0.05, 0.1) is 12.5 Å². The highest BCUT2D eigenvalue weighted by Gasteiger charge is 2.50. The van der Waals surface area contributed by atoms with Crippen LogP contribution >= 0.6 is 0 Å². The zero-order chi connectivity index (χ0) is 9.42. The lowest BCUT2D eigenvalue weighted by molar-refractivity contribution is -0.142. The van der Waals surface area contributed by atoms with Gasteiger partial charge < -0.3 is 14.3 Å². The molecule has 1 aliphatic heterocycles. The zero-order valence-corrected chi connectivity index (χ0v) is 7.43. The molecule has 1 aliphatic carbocycles. The molecule has 0 aromatic carbocycles. The molecular formula is C9H12O4. The van der Waals surface area contributed by atoms with Gasteiger partial charge in [-0.15, -0.1) is 0 Å². The number of ether oxygens (including phenoxy) is 2. The molecule has 13 heavy (non-hydrogen) atoms. The first kappa shape index (κ1) is 8.69. The van der Waals surface area contributed by atoms with Crippen molar-refractivity contribution in [2.24, 2.45) is 11.8 Å². The van der Waals surface area contributed by atoms with Gasteiger partial charge in [-0.25, -0.2) is 0 Å². The number of fused-ring (bicyclic) bond motifs is 1. The Morgan fingerprint density at radius 3 is 3.00 bits per heavy atom. The Bertz CT molecular complexity index is 238. The molecule has 2 rings (SSSR count). The highest BCUT2D eigenvalue weighted by atomic mass is 16.6. The molecule has 1 saturated carbocycles. The number of esters is 1. The number of hydrogen-bond donors (Lipinski definition) is 0. The first-order chi connectivity index (χ1) is 6.26. The highest BCUT2D eigenvalue weighted by Crippen LogP contribution is 2.41. The molecule has 1 heterocycles. The van der Waals surface area contributed by atoms with Crippen LogP contribution in [0, 0.1) is 11.8 Å². The summed E-state index contributed by atoms with van der Waals surface area (Å²) < 4.78 is 10.2. The Labute approximate surface area is 76.2 Å². The SMILES string of the molecule is CO[C@@H]1C[C@@H]2OC(=O)C[C@@H]2[C@H]1C=O. The van der Waals surface area contributed by atoms with Crippen molar-refractivity contribution in [3.63, 3.8) is 0 Å². The molecule has 0 spiro atoms. The van der Waals surface area contributed by atoms with Crippen LogP contribution < -0.4 is 0 Å². The summed E-state index contributed by atoms with van der Waals surface area (Å²) in [7, 11) is 1.59. The van der Waals surface area contributed by atoms with E-state index in [4.69, 9.17) is 9.47 Å². The minimum atomic E-state index is -0.184. The fourth-order valence-electron chi connectivity index (χ4n) is 2.34. The van der Waals surface area contributed by atoms with E-state index >= 15 is 0 Å². The van der Waals surface area contributed by atoms with Crippen LogP contribution in [0.2, 0.25) is 0 Å². The molecular weight excluding hydrogens is 172 g/mol. The van der Waals surface area contributed by atoms with Gasteiger partial charge in [-0.05, 0) is 0 Å². The van der Waals surface area contributed by atoms with Gasteiger partial charge in [-0.2, -0.15) is 0 Å². The minimum Gasteiger partial charge on any atom is -0.462 e. The Hall–Kier alpha value is -0.900. The van der Waals surface area contributed by atoms with Crippen LogP contribution in [0.15, 0.2) is 0 Å². The summed E-state index contributed by atoms with van der Waals surface area (Å²) in [4.78, 5) is 21.7. The second kappa shape index (κ2) is 3.10. The maximum atomic E-state index is 10.9. The summed E-state index contributed by atoms with van der Waals surface area (Å²) in [6.45, 7) is 0. The third-order valence-electron chi connectivity index (χ3n) is 3.01. The average Bonchev–Trinajstić information content (AvgIpc) is 2.59. The molecule has 0 bridgehead atoms. The van der Waals surface area contributed by atoms with Crippen molar-refractivity contribution < 1.29 is 19.1 Å². The molecule has 0 aromatic rings. The number of hydrogen-bond acceptors (Lipinski definition) is 4. The number of methoxy groups -OCH3 is 1. The Kier molecular flexibility index (Phi) is 2.07. The van der Waals surface area contributed by atoms with Gasteiger partial charge in [-0.3, -0.25) is 4.79 Å². The maximum Gasteiger partial charge on any atom is 0.306 e. The number of carbonyl (C=O) groups is 2. The predicted molar refractivity (Wildman–Crippen MR) is 43.0 cm³/mol. The fraction of sp³-hybridized carbons (Fsp3) is 0.778. The Balaban J connectivity index is 2.14. The van der Waals surface area contributed by atoms with Gasteiger partial charge in [0.25, 0.3) is 0 Å².